The first-order valence-electron chi connectivity index (χ1n) is 10.1. The minimum absolute atomic E-state index is 0.0346. The molecule has 2 N–H and O–H groups in total. The average molecular weight is 488 g/mol. The van der Waals surface area contributed by atoms with Gasteiger partial charge in [0.25, 0.3) is 11.6 Å². The van der Waals surface area contributed by atoms with Gasteiger partial charge in [0.1, 0.15) is 17.1 Å². The lowest BCUT2D eigenvalue weighted by molar-refractivity contribution is -0.384. The van der Waals surface area contributed by atoms with Crippen LogP contribution in [0.15, 0.2) is 54.7 Å². The van der Waals surface area contributed by atoms with Crippen molar-refractivity contribution in [1.82, 2.24) is 4.98 Å². The Morgan fingerprint density at radius 2 is 1.80 bits per heavy atom. The molecule has 3 aromatic rings. The van der Waals surface area contributed by atoms with Gasteiger partial charge in [0.2, 0.25) is 0 Å². The van der Waals surface area contributed by atoms with Gasteiger partial charge in [-0.15, -0.1) is 0 Å². The van der Waals surface area contributed by atoms with E-state index in [1.165, 1.54) is 42.6 Å². The molecule has 12 heteroatoms. The van der Waals surface area contributed by atoms with Crippen molar-refractivity contribution in [3.63, 3.8) is 0 Å². The summed E-state index contributed by atoms with van der Waals surface area (Å²) >= 11 is 0. The molecule has 0 saturated carbocycles. The first-order chi connectivity index (χ1) is 16.5. The number of hydrogen-bond donors (Lipinski definition) is 2. The van der Waals surface area contributed by atoms with E-state index in [1.54, 1.807) is 13.8 Å². The van der Waals surface area contributed by atoms with E-state index in [-0.39, 0.29) is 28.4 Å². The molecule has 9 nitrogen and oxygen atoms in total. The molecular weight excluding hydrogens is 469 g/mol. The summed E-state index contributed by atoms with van der Waals surface area (Å²) in [5, 5.41) is 16.3. The Morgan fingerprint density at radius 1 is 1.09 bits per heavy atom. The largest absolute Gasteiger partial charge is 0.452 e. The number of aromatic nitrogens is 1. The maximum atomic E-state index is 13.0. The number of amides is 1. The number of rotatable bonds is 7. The Morgan fingerprint density at radius 3 is 2.49 bits per heavy atom. The highest BCUT2D eigenvalue weighted by atomic mass is 19.4. The van der Waals surface area contributed by atoms with E-state index in [9.17, 15) is 32.9 Å². The number of esters is 1. The number of nitrogens with one attached hydrogen (secondary N) is 2. The summed E-state index contributed by atoms with van der Waals surface area (Å²) in [6.07, 6.45) is -3.24. The minimum atomic E-state index is -4.55. The van der Waals surface area contributed by atoms with Crippen LogP contribution in [0.25, 0.3) is 0 Å². The summed E-state index contributed by atoms with van der Waals surface area (Å²) in [6.45, 7) is 2.64. The number of pyridine rings is 1. The molecule has 2 aromatic carbocycles. The maximum Gasteiger partial charge on any atom is 0.416 e. The van der Waals surface area contributed by atoms with Crippen LogP contribution in [0.3, 0.4) is 0 Å². The molecular formula is C23H19F3N4O5. The van der Waals surface area contributed by atoms with Crippen LogP contribution in [0.1, 0.15) is 27.0 Å². The van der Waals surface area contributed by atoms with E-state index in [1.807, 2.05) is 0 Å². The van der Waals surface area contributed by atoms with Gasteiger partial charge in [0.05, 0.1) is 10.5 Å². The van der Waals surface area contributed by atoms with E-state index in [2.05, 4.69) is 15.6 Å². The van der Waals surface area contributed by atoms with E-state index in [0.717, 1.165) is 12.1 Å². The lowest BCUT2D eigenvalue weighted by atomic mass is 10.1. The van der Waals surface area contributed by atoms with Crippen molar-refractivity contribution in [2.75, 3.05) is 17.2 Å². The number of nitro benzene ring substituents is 1. The van der Waals surface area contributed by atoms with Gasteiger partial charge >= 0.3 is 12.1 Å². The molecule has 0 bridgehead atoms. The summed E-state index contributed by atoms with van der Waals surface area (Å²) in [6, 6.07) is 9.80. The predicted molar refractivity (Wildman–Crippen MR) is 120 cm³/mol. The third-order valence-corrected chi connectivity index (χ3v) is 4.90. The highest BCUT2D eigenvalue weighted by Gasteiger charge is 2.30. The minimum Gasteiger partial charge on any atom is -0.452 e. The van der Waals surface area contributed by atoms with E-state index >= 15 is 0 Å². The fourth-order valence-electron chi connectivity index (χ4n) is 3.03. The molecule has 182 valence electrons. The van der Waals surface area contributed by atoms with Crippen LogP contribution in [0.4, 0.5) is 36.1 Å². The number of carbonyl (C=O) groups is 2. The quantitative estimate of drug-likeness (QED) is 0.267. The lowest BCUT2D eigenvalue weighted by Crippen LogP contribution is -2.22. The third-order valence-electron chi connectivity index (χ3n) is 4.90. The van der Waals surface area contributed by atoms with Gasteiger partial charge in [-0.1, -0.05) is 6.07 Å². The Kier molecular flexibility index (Phi) is 7.33. The molecule has 3 rings (SSSR count). The van der Waals surface area contributed by atoms with E-state index < -0.39 is 35.1 Å². The summed E-state index contributed by atoms with van der Waals surface area (Å²) in [4.78, 5) is 39.4. The molecule has 0 radical (unpaired) electrons. The second kappa shape index (κ2) is 10.2. The zero-order valence-electron chi connectivity index (χ0n) is 18.5. The Balaban J connectivity index is 1.71. The van der Waals surface area contributed by atoms with Gasteiger partial charge in [-0.05, 0) is 61.4 Å². The molecule has 0 atom stereocenters. The normalized spacial score (nSPS) is 11.0. The summed E-state index contributed by atoms with van der Waals surface area (Å²) in [5.74, 6) is -1.87. The van der Waals surface area contributed by atoms with Crippen molar-refractivity contribution in [3.8, 4) is 0 Å². The number of anilines is 3. The van der Waals surface area contributed by atoms with Gasteiger partial charge in [0.15, 0.2) is 6.61 Å². The Labute approximate surface area is 197 Å². The average Bonchev–Trinajstić information content (AvgIpc) is 2.79. The van der Waals surface area contributed by atoms with E-state index in [4.69, 9.17) is 4.74 Å². The number of aryl methyl sites for hydroxylation is 2. The van der Waals surface area contributed by atoms with Crippen molar-refractivity contribution in [2.24, 2.45) is 0 Å². The second-order valence-corrected chi connectivity index (χ2v) is 7.44. The van der Waals surface area contributed by atoms with Crippen LogP contribution >= 0.6 is 0 Å². The van der Waals surface area contributed by atoms with Crippen molar-refractivity contribution >= 4 is 34.8 Å². The number of benzene rings is 2. The third kappa shape index (κ3) is 6.31. The molecule has 0 spiro atoms. The number of halogens is 3. The fraction of sp³-hybridized carbons (Fsp3) is 0.174. The molecule has 0 saturated heterocycles. The van der Waals surface area contributed by atoms with Crippen LogP contribution in [-0.4, -0.2) is 28.4 Å². The van der Waals surface area contributed by atoms with Gasteiger partial charge in [-0.25, -0.2) is 9.78 Å². The first-order valence-corrected chi connectivity index (χ1v) is 10.1. The molecule has 35 heavy (non-hydrogen) atoms. The Hall–Kier alpha value is -4.48. The second-order valence-electron chi connectivity index (χ2n) is 7.44. The monoisotopic (exact) mass is 488 g/mol. The topological polar surface area (TPSA) is 123 Å². The van der Waals surface area contributed by atoms with Crippen LogP contribution in [0, 0.1) is 24.0 Å². The number of nitro groups is 1. The Bertz CT molecular complexity index is 1290. The molecule has 0 unspecified atom stereocenters. The molecule has 1 amide bonds. The highest BCUT2D eigenvalue weighted by molar-refractivity contribution is 5.99. The smallest absolute Gasteiger partial charge is 0.416 e. The van der Waals surface area contributed by atoms with Crippen molar-refractivity contribution in [3.05, 3.63) is 87.1 Å². The van der Waals surface area contributed by atoms with Gasteiger partial charge in [-0.2, -0.15) is 13.2 Å². The lowest BCUT2D eigenvalue weighted by Gasteiger charge is -2.13. The first kappa shape index (κ1) is 25.1. The van der Waals surface area contributed by atoms with Crippen LogP contribution in [0.5, 0.6) is 0 Å². The van der Waals surface area contributed by atoms with E-state index in [0.29, 0.717) is 11.1 Å². The van der Waals surface area contributed by atoms with Gasteiger partial charge in [0, 0.05) is 18.0 Å². The number of hydrogen-bond acceptors (Lipinski definition) is 7. The molecule has 0 aliphatic carbocycles. The predicted octanol–water partition coefficient (Wildman–Crippen LogP) is 5.16. The molecule has 0 fully saturated rings. The van der Waals surface area contributed by atoms with Crippen molar-refractivity contribution in [2.45, 2.75) is 20.0 Å². The van der Waals surface area contributed by atoms with Crippen LogP contribution in [-0.2, 0) is 15.7 Å². The zero-order chi connectivity index (χ0) is 25.8. The van der Waals surface area contributed by atoms with Crippen molar-refractivity contribution in [1.29, 1.82) is 0 Å². The number of carbonyl (C=O) groups excluding carboxylic acids is 2. The fourth-order valence-corrected chi connectivity index (χ4v) is 3.03. The standard InChI is InChI=1S/C23H19F3N4O5/c1-13-9-18(19(30(33)34)10-14(13)2)29-20(31)12-35-22(32)17-7-4-8-27-21(17)28-16-6-3-5-15(11-16)23(24,25)26/h3-11H,12H2,1-2H3,(H,27,28)(H,29,31). The summed E-state index contributed by atoms with van der Waals surface area (Å²) in [5.41, 5.74) is 0.0315. The molecule has 1 heterocycles. The van der Waals surface area contributed by atoms with Crippen LogP contribution < -0.4 is 10.6 Å². The summed E-state index contributed by atoms with van der Waals surface area (Å²) < 4.78 is 43.9. The van der Waals surface area contributed by atoms with Gasteiger partial charge < -0.3 is 15.4 Å². The molecule has 0 aliphatic heterocycles. The number of ether oxygens (including phenoxy) is 1. The van der Waals surface area contributed by atoms with Gasteiger partial charge in [-0.3, -0.25) is 14.9 Å². The summed E-state index contributed by atoms with van der Waals surface area (Å²) in [7, 11) is 0. The number of alkyl halides is 3. The zero-order valence-corrected chi connectivity index (χ0v) is 18.5. The van der Waals surface area contributed by atoms with Crippen LogP contribution in [0.2, 0.25) is 0 Å². The van der Waals surface area contributed by atoms with Crippen molar-refractivity contribution < 1.29 is 32.4 Å². The number of nitrogens with zero attached hydrogens (tertiary/aromatic N) is 2. The molecule has 0 aliphatic rings. The maximum absolute atomic E-state index is 13.0. The highest BCUT2D eigenvalue weighted by Crippen LogP contribution is 2.32. The molecule has 1 aromatic heterocycles. The SMILES string of the molecule is Cc1cc(NC(=O)COC(=O)c2cccnc2Nc2cccc(C(F)(F)F)c2)c([N+](=O)[O-])cc1C.